The molecule has 0 fully saturated rings. The molecular weight excluding hydrogens is 285 g/mol. The largest absolute Gasteiger partial charge is 0.467 e. The third-order valence-electron chi connectivity index (χ3n) is 3.09. The van der Waals surface area contributed by atoms with Gasteiger partial charge < -0.3 is 14.1 Å². The zero-order valence-corrected chi connectivity index (χ0v) is 12.4. The van der Waals surface area contributed by atoms with E-state index in [-0.39, 0.29) is 11.7 Å². The highest BCUT2D eigenvalue weighted by atomic mass is 19.1. The molecule has 0 aliphatic heterocycles. The van der Waals surface area contributed by atoms with E-state index in [0.717, 1.165) is 5.56 Å². The molecule has 4 nitrogen and oxygen atoms in total. The Bertz CT molecular complexity index is 605. The first-order valence-electron chi connectivity index (χ1n) is 6.93. The van der Waals surface area contributed by atoms with Crippen molar-refractivity contribution in [2.45, 2.75) is 6.54 Å². The van der Waals surface area contributed by atoms with Gasteiger partial charge in [0, 0.05) is 19.7 Å². The summed E-state index contributed by atoms with van der Waals surface area (Å²) in [7, 11) is 1.59. The first-order chi connectivity index (χ1) is 10.7. The standard InChI is InChI=1S/C17H18FNO3/c1-21-12-10-19(13-16-3-2-11-22-16)17(20)9-6-14-4-7-15(18)8-5-14/h2-9,11H,10,12-13H2,1H3/b9-6+. The maximum absolute atomic E-state index is 12.8. The average Bonchev–Trinajstić information content (AvgIpc) is 3.03. The highest BCUT2D eigenvalue weighted by Gasteiger charge is 2.12. The Kier molecular flexibility index (Phi) is 5.91. The lowest BCUT2D eigenvalue weighted by molar-refractivity contribution is -0.127. The molecule has 1 heterocycles. The van der Waals surface area contributed by atoms with E-state index in [1.54, 1.807) is 42.5 Å². The molecule has 0 unspecified atom stereocenters. The maximum Gasteiger partial charge on any atom is 0.247 e. The average molecular weight is 303 g/mol. The van der Waals surface area contributed by atoms with Crippen molar-refractivity contribution in [1.82, 2.24) is 4.90 Å². The fourth-order valence-corrected chi connectivity index (χ4v) is 1.91. The fourth-order valence-electron chi connectivity index (χ4n) is 1.91. The third-order valence-corrected chi connectivity index (χ3v) is 3.09. The molecule has 5 heteroatoms. The van der Waals surface area contributed by atoms with Crippen LogP contribution < -0.4 is 0 Å². The number of nitrogens with zero attached hydrogens (tertiary/aromatic N) is 1. The lowest BCUT2D eigenvalue weighted by atomic mass is 10.2. The van der Waals surface area contributed by atoms with Crippen molar-refractivity contribution < 1.29 is 18.3 Å². The normalized spacial score (nSPS) is 11.0. The first-order valence-corrected chi connectivity index (χ1v) is 6.93. The number of hydrogen-bond acceptors (Lipinski definition) is 3. The van der Waals surface area contributed by atoms with E-state index in [1.165, 1.54) is 18.2 Å². The Labute approximate surface area is 128 Å². The van der Waals surface area contributed by atoms with Crippen LogP contribution in [0.4, 0.5) is 4.39 Å². The zero-order chi connectivity index (χ0) is 15.8. The quantitative estimate of drug-likeness (QED) is 0.738. The lowest BCUT2D eigenvalue weighted by Crippen LogP contribution is -2.31. The second kappa shape index (κ2) is 8.14. The van der Waals surface area contributed by atoms with Crippen LogP contribution in [0.1, 0.15) is 11.3 Å². The summed E-state index contributed by atoms with van der Waals surface area (Å²) in [6, 6.07) is 9.54. The van der Waals surface area contributed by atoms with Gasteiger partial charge in [-0.2, -0.15) is 0 Å². The first kappa shape index (κ1) is 16.0. The summed E-state index contributed by atoms with van der Waals surface area (Å²) in [4.78, 5) is 13.9. The van der Waals surface area contributed by atoms with Crippen LogP contribution in [0.2, 0.25) is 0 Å². The second-order valence-corrected chi connectivity index (χ2v) is 4.72. The molecule has 2 rings (SSSR count). The smallest absolute Gasteiger partial charge is 0.247 e. The Morgan fingerprint density at radius 2 is 2.09 bits per heavy atom. The van der Waals surface area contributed by atoms with Gasteiger partial charge in [0.1, 0.15) is 11.6 Å². The molecule has 0 aliphatic rings. The highest BCUT2D eigenvalue weighted by Crippen LogP contribution is 2.08. The van der Waals surface area contributed by atoms with Gasteiger partial charge in [-0.1, -0.05) is 12.1 Å². The molecule has 1 aromatic heterocycles. The number of benzene rings is 1. The van der Waals surface area contributed by atoms with Gasteiger partial charge in [0.2, 0.25) is 5.91 Å². The van der Waals surface area contributed by atoms with Crippen molar-refractivity contribution in [2.24, 2.45) is 0 Å². The number of carbonyl (C=O) groups is 1. The van der Waals surface area contributed by atoms with Crippen LogP contribution in [-0.4, -0.2) is 31.1 Å². The van der Waals surface area contributed by atoms with Gasteiger partial charge in [0.15, 0.2) is 0 Å². The Hall–Kier alpha value is -2.40. The molecule has 0 bridgehead atoms. The predicted molar refractivity (Wildman–Crippen MR) is 81.4 cm³/mol. The van der Waals surface area contributed by atoms with E-state index in [0.29, 0.717) is 25.5 Å². The topological polar surface area (TPSA) is 42.7 Å². The molecule has 2 aromatic rings. The summed E-state index contributed by atoms with van der Waals surface area (Å²) in [6.45, 7) is 1.28. The van der Waals surface area contributed by atoms with Crippen LogP contribution in [0, 0.1) is 5.82 Å². The van der Waals surface area contributed by atoms with Crippen LogP contribution >= 0.6 is 0 Å². The number of rotatable bonds is 7. The molecule has 1 aromatic carbocycles. The van der Waals surface area contributed by atoms with Crippen molar-refractivity contribution >= 4 is 12.0 Å². The molecule has 0 N–H and O–H groups in total. The fraction of sp³-hybridized carbons (Fsp3) is 0.235. The Morgan fingerprint density at radius 3 is 2.73 bits per heavy atom. The van der Waals surface area contributed by atoms with Crippen molar-refractivity contribution in [3.63, 3.8) is 0 Å². The number of hydrogen-bond donors (Lipinski definition) is 0. The van der Waals surface area contributed by atoms with Crippen molar-refractivity contribution in [1.29, 1.82) is 0 Å². The second-order valence-electron chi connectivity index (χ2n) is 4.72. The minimum absolute atomic E-state index is 0.155. The van der Waals surface area contributed by atoms with Crippen molar-refractivity contribution in [3.8, 4) is 0 Å². The minimum Gasteiger partial charge on any atom is -0.467 e. The van der Waals surface area contributed by atoms with Crippen molar-refractivity contribution in [3.05, 3.63) is 65.9 Å². The van der Waals surface area contributed by atoms with E-state index in [9.17, 15) is 9.18 Å². The molecule has 0 saturated heterocycles. The van der Waals surface area contributed by atoms with E-state index < -0.39 is 0 Å². The molecule has 0 aliphatic carbocycles. The molecule has 0 saturated carbocycles. The molecule has 22 heavy (non-hydrogen) atoms. The minimum atomic E-state index is -0.303. The predicted octanol–water partition coefficient (Wildman–Crippen LogP) is 3.11. The molecule has 116 valence electrons. The summed E-state index contributed by atoms with van der Waals surface area (Å²) < 4.78 is 23.1. The molecular formula is C17H18FNO3. The van der Waals surface area contributed by atoms with Gasteiger partial charge in [-0.3, -0.25) is 4.79 Å². The summed E-state index contributed by atoms with van der Waals surface area (Å²) in [5, 5.41) is 0. The van der Waals surface area contributed by atoms with Gasteiger partial charge >= 0.3 is 0 Å². The number of halogens is 1. The maximum atomic E-state index is 12.8. The molecule has 0 atom stereocenters. The van der Waals surface area contributed by atoms with Crippen LogP contribution in [0.3, 0.4) is 0 Å². The summed E-state index contributed by atoms with van der Waals surface area (Å²) in [6.07, 6.45) is 4.69. The molecule has 0 radical (unpaired) electrons. The third kappa shape index (κ3) is 4.86. The van der Waals surface area contributed by atoms with E-state index in [4.69, 9.17) is 9.15 Å². The number of ether oxygens (including phenoxy) is 1. The van der Waals surface area contributed by atoms with E-state index in [1.807, 2.05) is 6.07 Å². The van der Waals surface area contributed by atoms with Crippen LogP contribution in [0.5, 0.6) is 0 Å². The monoisotopic (exact) mass is 303 g/mol. The Balaban J connectivity index is 2.02. The zero-order valence-electron chi connectivity index (χ0n) is 12.4. The van der Waals surface area contributed by atoms with Crippen LogP contribution in [-0.2, 0) is 16.1 Å². The van der Waals surface area contributed by atoms with Crippen molar-refractivity contribution in [2.75, 3.05) is 20.3 Å². The Morgan fingerprint density at radius 1 is 1.32 bits per heavy atom. The lowest BCUT2D eigenvalue weighted by Gasteiger charge is -2.19. The summed E-state index contributed by atoms with van der Waals surface area (Å²) in [5.41, 5.74) is 0.763. The van der Waals surface area contributed by atoms with Crippen LogP contribution in [0.25, 0.3) is 6.08 Å². The van der Waals surface area contributed by atoms with Gasteiger partial charge in [-0.05, 0) is 35.9 Å². The van der Waals surface area contributed by atoms with Gasteiger partial charge in [-0.25, -0.2) is 4.39 Å². The summed E-state index contributed by atoms with van der Waals surface area (Å²) >= 11 is 0. The SMILES string of the molecule is COCCN(Cc1ccco1)C(=O)/C=C/c1ccc(F)cc1. The number of furan rings is 1. The highest BCUT2D eigenvalue weighted by molar-refractivity contribution is 5.91. The van der Waals surface area contributed by atoms with Gasteiger partial charge in [0.05, 0.1) is 19.4 Å². The number of methoxy groups -OCH3 is 1. The van der Waals surface area contributed by atoms with Gasteiger partial charge in [-0.15, -0.1) is 0 Å². The molecule has 1 amide bonds. The van der Waals surface area contributed by atoms with E-state index >= 15 is 0 Å². The summed E-state index contributed by atoms with van der Waals surface area (Å²) in [5.74, 6) is 0.250. The van der Waals surface area contributed by atoms with Crippen LogP contribution in [0.15, 0.2) is 53.2 Å². The number of carbonyl (C=O) groups excluding carboxylic acids is 1. The molecule has 0 spiro atoms. The van der Waals surface area contributed by atoms with E-state index in [2.05, 4.69) is 0 Å². The number of amides is 1. The van der Waals surface area contributed by atoms with Gasteiger partial charge in [0.25, 0.3) is 0 Å².